The molecule has 1 unspecified atom stereocenters. The van der Waals surface area contributed by atoms with Crippen molar-refractivity contribution >= 4 is 5.97 Å². The zero-order chi connectivity index (χ0) is 13.8. The van der Waals surface area contributed by atoms with E-state index in [0.717, 1.165) is 5.56 Å². The number of nitrogens with zero attached hydrogens (tertiary/aromatic N) is 1. The van der Waals surface area contributed by atoms with Gasteiger partial charge in [0, 0.05) is 0 Å². The smallest absolute Gasteiger partial charge is 0.306 e. The maximum Gasteiger partial charge on any atom is 0.306 e. The number of nitriles is 1. The van der Waals surface area contributed by atoms with Crippen molar-refractivity contribution in [3.63, 3.8) is 0 Å². The molecule has 1 rings (SSSR count). The highest BCUT2D eigenvalue weighted by Gasteiger charge is 2.19. The van der Waals surface area contributed by atoms with Gasteiger partial charge in [-0.25, -0.2) is 0 Å². The van der Waals surface area contributed by atoms with Crippen LogP contribution in [0.4, 0.5) is 0 Å². The molecule has 96 valence electrons. The number of hydrogen-bond donors (Lipinski definition) is 0. The Morgan fingerprint density at radius 1 is 1.44 bits per heavy atom. The Bertz CT molecular complexity index is 466. The topological polar surface area (TPSA) is 50.1 Å². The Morgan fingerprint density at radius 3 is 2.67 bits per heavy atom. The molecule has 18 heavy (non-hydrogen) atoms. The second-order valence-electron chi connectivity index (χ2n) is 5.43. The number of hydrogen-bond acceptors (Lipinski definition) is 3. The van der Waals surface area contributed by atoms with E-state index in [4.69, 9.17) is 10.00 Å². The molecule has 0 aliphatic heterocycles. The molecule has 0 aliphatic carbocycles. The lowest BCUT2D eigenvalue weighted by atomic mass is 9.96. The number of esters is 1. The van der Waals surface area contributed by atoms with Crippen LogP contribution in [0.1, 0.15) is 51.2 Å². The van der Waals surface area contributed by atoms with Gasteiger partial charge in [-0.2, -0.15) is 5.26 Å². The summed E-state index contributed by atoms with van der Waals surface area (Å²) < 4.78 is 5.28. The first-order valence-electron chi connectivity index (χ1n) is 6.04. The van der Waals surface area contributed by atoms with E-state index < -0.39 is 5.60 Å². The van der Waals surface area contributed by atoms with Gasteiger partial charge >= 0.3 is 5.97 Å². The fourth-order valence-electron chi connectivity index (χ4n) is 1.67. The van der Waals surface area contributed by atoms with Crippen LogP contribution in [-0.2, 0) is 9.53 Å². The SMILES string of the molecule is CC(CC(=O)OC(C)(C)C)c1cccc(C#N)c1. The van der Waals surface area contributed by atoms with Crippen molar-refractivity contribution in [2.24, 2.45) is 0 Å². The number of ether oxygens (including phenoxy) is 1. The minimum atomic E-state index is -0.453. The maximum absolute atomic E-state index is 11.7. The monoisotopic (exact) mass is 245 g/mol. The van der Waals surface area contributed by atoms with Crippen LogP contribution in [0.15, 0.2) is 24.3 Å². The van der Waals surface area contributed by atoms with Crippen LogP contribution in [-0.4, -0.2) is 11.6 Å². The molecule has 3 heteroatoms. The highest BCUT2D eigenvalue weighted by molar-refractivity contribution is 5.71. The van der Waals surface area contributed by atoms with Gasteiger partial charge in [0.15, 0.2) is 0 Å². The lowest BCUT2D eigenvalue weighted by molar-refractivity contribution is -0.155. The molecule has 1 atom stereocenters. The number of benzene rings is 1. The largest absolute Gasteiger partial charge is 0.460 e. The molecule has 0 spiro atoms. The Labute approximate surface area is 108 Å². The van der Waals surface area contributed by atoms with E-state index in [2.05, 4.69) is 6.07 Å². The van der Waals surface area contributed by atoms with Gasteiger partial charge in [-0.1, -0.05) is 19.1 Å². The van der Waals surface area contributed by atoms with Crippen molar-refractivity contribution in [2.45, 2.75) is 45.6 Å². The third kappa shape index (κ3) is 4.58. The van der Waals surface area contributed by atoms with E-state index >= 15 is 0 Å². The molecular formula is C15H19NO2. The molecule has 1 aromatic rings. The van der Waals surface area contributed by atoms with Crippen molar-refractivity contribution in [1.29, 1.82) is 5.26 Å². The van der Waals surface area contributed by atoms with Gasteiger partial charge in [0.1, 0.15) is 5.60 Å². The zero-order valence-electron chi connectivity index (χ0n) is 11.4. The first-order chi connectivity index (χ1) is 8.31. The summed E-state index contributed by atoms with van der Waals surface area (Å²) in [6.07, 6.45) is 0.326. The molecule has 0 aliphatic rings. The molecule has 0 bridgehead atoms. The van der Waals surface area contributed by atoms with Gasteiger partial charge in [-0.05, 0) is 44.4 Å². The van der Waals surface area contributed by atoms with Gasteiger partial charge in [0.05, 0.1) is 18.1 Å². The summed E-state index contributed by atoms with van der Waals surface area (Å²) in [5.74, 6) is -0.162. The quantitative estimate of drug-likeness (QED) is 0.767. The Balaban J connectivity index is 2.68. The summed E-state index contributed by atoms with van der Waals surface area (Å²) in [7, 11) is 0. The summed E-state index contributed by atoms with van der Waals surface area (Å²) in [6.45, 7) is 7.52. The highest BCUT2D eigenvalue weighted by Crippen LogP contribution is 2.21. The molecule has 0 fully saturated rings. The molecule has 0 aromatic heterocycles. The molecule has 0 radical (unpaired) electrons. The van der Waals surface area contributed by atoms with Gasteiger partial charge in [0.2, 0.25) is 0 Å². The average Bonchev–Trinajstić information content (AvgIpc) is 2.26. The summed E-state index contributed by atoms with van der Waals surface area (Å²) >= 11 is 0. The third-order valence-corrected chi connectivity index (χ3v) is 2.48. The van der Waals surface area contributed by atoms with E-state index in [-0.39, 0.29) is 11.9 Å². The fourth-order valence-corrected chi connectivity index (χ4v) is 1.67. The maximum atomic E-state index is 11.7. The first-order valence-corrected chi connectivity index (χ1v) is 6.04. The van der Waals surface area contributed by atoms with Crippen molar-refractivity contribution in [2.75, 3.05) is 0 Å². The van der Waals surface area contributed by atoms with Crippen molar-refractivity contribution in [1.82, 2.24) is 0 Å². The van der Waals surface area contributed by atoms with Crippen molar-refractivity contribution in [3.8, 4) is 6.07 Å². The van der Waals surface area contributed by atoms with E-state index in [0.29, 0.717) is 12.0 Å². The van der Waals surface area contributed by atoms with Crippen LogP contribution < -0.4 is 0 Å². The predicted octanol–water partition coefficient (Wildman–Crippen LogP) is 3.39. The molecule has 0 N–H and O–H groups in total. The number of carbonyl (C=O) groups is 1. The van der Waals surface area contributed by atoms with Gasteiger partial charge in [-0.15, -0.1) is 0 Å². The van der Waals surface area contributed by atoms with Crippen LogP contribution in [0.5, 0.6) is 0 Å². The summed E-state index contributed by atoms with van der Waals surface area (Å²) in [5, 5.41) is 8.84. The van der Waals surface area contributed by atoms with Crippen molar-refractivity contribution < 1.29 is 9.53 Å². The molecule has 1 aromatic carbocycles. The van der Waals surface area contributed by atoms with Gasteiger partial charge in [-0.3, -0.25) is 4.79 Å². The minimum absolute atomic E-state index is 0.0492. The fraction of sp³-hybridized carbons (Fsp3) is 0.467. The molecule has 0 heterocycles. The van der Waals surface area contributed by atoms with Gasteiger partial charge < -0.3 is 4.74 Å². The predicted molar refractivity (Wildman–Crippen MR) is 70.0 cm³/mol. The number of rotatable bonds is 3. The van der Waals surface area contributed by atoms with E-state index in [1.54, 1.807) is 6.07 Å². The van der Waals surface area contributed by atoms with E-state index in [1.807, 2.05) is 45.9 Å². The molecule has 3 nitrogen and oxygen atoms in total. The lowest BCUT2D eigenvalue weighted by Gasteiger charge is -2.21. The Morgan fingerprint density at radius 2 is 2.11 bits per heavy atom. The average molecular weight is 245 g/mol. The van der Waals surface area contributed by atoms with E-state index in [9.17, 15) is 4.79 Å². The van der Waals surface area contributed by atoms with Crippen LogP contribution in [0.3, 0.4) is 0 Å². The zero-order valence-corrected chi connectivity index (χ0v) is 11.4. The molecular weight excluding hydrogens is 226 g/mol. The summed E-state index contributed by atoms with van der Waals surface area (Å²) in [5.41, 5.74) is 1.15. The van der Waals surface area contributed by atoms with Gasteiger partial charge in [0.25, 0.3) is 0 Å². The van der Waals surface area contributed by atoms with E-state index in [1.165, 1.54) is 0 Å². The standard InChI is InChI=1S/C15H19NO2/c1-11(8-14(17)18-15(2,3)4)13-7-5-6-12(9-13)10-16/h5-7,9,11H,8H2,1-4H3. The lowest BCUT2D eigenvalue weighted by Crippen LogP contribution is -2.24. The summed E-state index contributed by atoms with van der Waals surface area (Å²) in [6, 6.07) is 9.43. The Kier molecular flexibility index (Phi) is 4.49. The first kappa shape index (κ1) is 14.2. The summed E-state index contributed by atoms with van der Waals surface area (Å²) in [4.78, 5) is 11.7. The second kappa shape index (κ2) is 5.68. The second-order valence-corrected chi connectivity index (χ2v) is 5.43. The van der Waals surface area contributed by atoms with Crippen LogP contribution in [0.2, 0.25) is 0 Å². The third-order valence-electron chi connectivity index (χ3n) is 2.48. The normalized spacial score (nSPS) is 12.6. The van der Waals surface area contributed by atoms with Crippen LogP contribution in [0, 0.1) is 11.3 Å². The van der Waals surface area contributed by atoms with Crippen molar-refractivity contribution in [3.05, 3.63) is 35.4 Å². The van der Waals surface area contributed by atoms with Crippen LogP contribution >= 0.6 is 0 Å². The highest BCUT2D eigenvalue weighted by atomic mass is 16.6. The molecule has 0 saturated carbocycles. The molecule has 0 amide bonds. The molecule has 0 saturated heterocycles. The van der Waals surface area contributed by atoms with Crippen LogP contribution in [0.25, 0.3) is 0 Å². The number of carbonyl (C=O) groups excluding carboxylic acids is 1. The minimum Gasteiger partial charge on any atom is -0.460 e. The Hall–Kier alpha value is -1.82.